The van der Waals surface area contributed by atoms with Gasteiger partial charge in [0.2, 0.25) is 5.91 Å². The van der Waals surface area contributed by atoms with E-state index in [4.69, 9.17) is 4.52 Å². The zero-order valence-electron chi connectivity index (χ0n) is 12.4. The van der Waals surface area contributed by atoms with Crippen LogP contribution in [-0.2, 0) is 4.79 Å². The molecule has 0 aliphatic carbocycles. The van der Waals surface area contributed by atoms with E-state index in [0.29, 0.717) is 24.7 Å². The maximum absolute atomic E-state index is 12.3. The van der Waals surface area contributed by atoms with E-state index in [0.717, 1.165) is 11.3 Å². The molecule has 2 heterocycles. The van der Waals surface area contributed by atoms with E-state index in [1.165, 1.54) is 0 Å². The number of carbonyl (C=O) groups is 1. The molecule has 0 radical (unpaired) electrons. The van der Waals surface area contributed by atoms with Crippen LogP contribution < -0.4 is 4.90 Å². The van der Waals surface area contributed by atoms with Gasteiger partial charge in [-0.3, -0.25) is 4.79 Å². The van der Waals surface area contributed by atoms with Crippen molar-refractivity contribution in [2.75, 3.05) is 11.4 Å². The third-order valence-electron chi connectivity index (χ3n) is 4.02. The van der Waals surface area contributed by atoms with Crippen molar-refractivity contribution < 1.29 is 9.32 Å². The molecule has 1 aromatic heterocycles. The molecule has 3 aromatic rings. The monoisotopic (exact) mass is 305 g/mol. The van der Waals surface area contributed by atoms with Crippen LogP contribution in [0.5, 0.6) is 0 Å². The van der Waals surface area contributed by atoms with Crippen molar-refractivity contribution in [3.05, 3.63) is 66.5 Å². The molecule has 23 heavy (non-hydrogen) atoms. The van der Waals surface area contributed by atoms with Crippen molar-refractivity contribution in [3.63, 3.8) is 0 Å². The minimum Gasteiger partial charge on any atom is -0.334 e. The van der Waals surface area contributed by atoms with E-state index in [9.17, 15) is 4.79 Å². The van der Waals surface area contributed by atoms with E-state index >= 15 is 0 Å². The minimum atomic E-state index is -0.0380. The summed E-state index contributed by atoms with van der Waals surface area (Å²) in [6.45, 7) is 0.580. The summed E-state index contributed by atoms with van der Waals surface area (Å²) in [5.74, 6) is 1.14. The average molecular weight is 305 g/mol. The van der Waals surface area contributed by atoms with E-state index in [-0.39, 0.29) is 11.8 Å². The molecular weight excluding hydrogens is 290 g/mol. The Bertz CT molecular complexity index is 815. The lowest BCUT2D eigenvalue weighted by Crippen LogP contribution is -2.24. The molecule has 0 unspecified atom stereocenters. The molecule has 0 N–H and O–H groups in total. The van der Waals surface area contributed by atoms with Crippen LogP contribution in [-0.4, -0.2) is 22.6 Å². The van der Waals surface area contributed by atoms with E-state index in [2.05, 4.69) is 10.1 Å². The Kier molecular flexibility index (Phi) is 3.38. The Morgan fingerprint density at radius 1 is 1.00 bits per heavy atom. The summed E-state index contributed by atoms with van der Waals surface area (Å²) in [5.41, 5.74) is 1.79. The summed E-state index contributed by atoms with van der Waals surface area (Å²) in [5, 5.41) is 4.07. The first kappa shape index (κ1) is 13.7. The van der Waals surface area contributed by atoms with Gasteiger partial charge in [0.15, 0.2) is 5.82 Å². The zero-order chi connectivity index (χ0) is 15.6. The summed E-state index contributed by atoms with van der Waals surface area (Å²) in [6, 6.07) is 19.3. The third kappa shape index (κ3) is 2.61. The van der Waals surface area contributed by atoms with Crippen molar-refractivity contribution in [2.45, 2.75) is 12.3 Å². The minimum absolute atomic E-state index is 0.0380. The first-order valence-electron chi connectivity index (χ1n) is 7.56. The van der Waals surface area contributed by atoms with Crippen LogP contribution in [0, 0.1) is 0 Å². The second kappa shape index (κ2) is 5.68. The van der Waals surface area contributed by atoms with Gasteiger partial charge in [-0.15, -0.1) is 0 Å². The number of carbonyl (C=O) groups excluding carboxylic acids is 1. The van der Waals surface area contributed by atoms with Gasteiger partial charge in [-0.1, -0.05) is 41.6 Å². The molecular formula is C18H15N3O2. The summed E-state index contributed by atoms with van der Waals surface area (Å²) in [4.78, 5) is 18.5. The van der Waals surface area contributed by atoms with Crippen LogP contribution in [0.25, 0.3) is 11.5 Å². The predicted octanol–water partition coefficient (Wildman–Crippen LogP) is 3.26. The van der Waals surface area contributed by atoms with Crippen molar-refractivity contribution in [3.8, 4) is 11.5 Å². The standard InChI is InChI=1S/C18H15N3O2/c22-16-11-14(12-21(16)15-9-5-2-6-10-15)17-19-18(23-20-17)13-7-3-1-4-8-13/h1-10,14H,11-12H2/t14-/m0/s1. The number of hydrogen-bond acceptors (Lipinski definition) is 4. The Labute approximate surface area is 133 Å². The van der Waals surface area contributed by atoms with Crippen LogP contribution in [0.3, 0.4) is 0 Å². The fourth-order valence-corrected chi connectivity index (χ4v) is 2.84. The van der Waals surface area contributed by atoms with E-state index in [1.807, 2.05) is 60.7 Å². The molecule has 1 saturated heterocycles. The van der Waals surface area contributed by atoms with Gasteiger partial charge in [0, 0.05) is 30.1 Å². The maximum Gasteiger partial charge on any atom is 0.257 e. The number of para-hydroxylation sites is 1. The van der Waals surface area contributed by atoms with Gasteiger partial charge >= 0.3 is 0 Å². The Balaban J connectivity index is 1.56. The second-order valence-electron chi connectivity index (χ2n) is 5.56. The van der Waals surface area contributed by atoms with E-state index in [1.54, 1.807) is 4.90 Å². The van der Waals surface area contributed by atoms with Crippen molar-refractivity contribution in [1.29, 1.82) is 0 Å². The number of benzene rings is 2. The van der Waals surface area contributed by atoms with Gasteiger partial charge in [-0.2, -0.15) is 4.98 Å². The number of hydrogen-bond donors (Lipinski definition) is 0. The second-order valence-corrected chi connectivity index (χ2v) is 5.56. The number of aromatic nitrogens is 2. The van der Waals surface area contributed by atoms with Crippen LogP contribution in [0.15, 0.2) is 65.2 Å². The quantitative estimate of drug-likeness (QED) is 0.745. The van der Waals surface area contributed by atoms with Crippen molar-refractivity contribution in [2.24, 2.45) is 0 Å². The van der Waals surface area contributed by atoms with Crippen LogP contribution in [0.4, 0.5) is 5.69 Å². The molecule has 5 nitrogen and oxygen atoms in total. The highest BCUT2D eigenvalue weighted by molar-refractivity contribution is 5.96. The summed E-state index contributed by atoms with van der Waals surface area (Å²) in [6.07, 6.45) is 0.405. The number of nitrogens with zero attached hydrogens (tertiary/aromatic N) is 3. The number of anilines is 1. The average Bonchev–Trinajstić information content (AvgIpc) is 3.23. The maximum atomic E-state index is 12.3. The molecule has 5 heteroatoms. The predicted molar refractivity (Wildman–Crippen MR) is 85.9 cm³/mol. The summed E-state index contributed by atoms with van der Waals surface area (Å²) in [7, 11) is 0. The Morgan fingerprint density at radius 2 is 1.70 bits per heavy atom. The Morgan fingerprint density at radius 3 is 2.43 bits per heavy atom. The summed E-state index contributed by atoms with van der Waals surface area (Å²) < 4.78 is 5.35. The van der Waals surface area contributed by atoms with Gasteiger partial charge in [0.1, 0.15) is 0 Å². The highest BCUT2D eigenvalue weighted by atomic mass is 16.5. The molecule has 0 spiro atoms. The SMILES string of the molecule is O=C1C[C@H](c2noc(-c3ccccc3)n2)CN1c1ccccc1. The third-order valence-corrected chi connectivity index (χ3v) is 4.02. The van der Waals surface area contributed by atoms with Gasteiger partial charge in [-0.05, 0) is 24.3 Å². The zero-order valence-corrected chi connectivity index (χ0v) is 12.4. The fourth-order valence-electron chi connectivity index (χ4n) is 2.84. The highest BCUT2D eigenvalue weighted by Crippen LogP contribution is 2.31. The highest BCUT2D eigenvalue weighted by Gasteiger charge is 2.34. The van der Waals surface area contributed by atoms with Crippen LogP contribution >= 0.6 is 0 Å². The largest absolute Gasteiger partial charge is 0.334 e. The molecule has 2 aromatic carbocycles. The first-order chi connectivity index (χ1) is 11.3. The van der Waals surface area contributed by atoms with Gasteiger partial charge in [-0.25, -0.2) is 0 Å². The first-order valence-corrected chi connectivity index (χ1v) is 7.56. The van der Waals surface area contributed by atoms with E-state index < -0.39 is 0 Å². The Hall–Kier alpha value is -2.95. The molecule has 1 amide bonds. The fraction of sp³-hybridized carbons (Fsp3) is 0.167. The molecule has 1 atom stereocenters. The van der Waals surface area contributed by atoms with Gasteiger partial charge in [0.05, 0.1) is 0 Å². The normalized spacial score (nSPS) is 17.7. The molecule has 0 saturated carbocycles. The molecule has 114 valence electrons. The lowest BCUT2D eigenvalue weighted by atomic mass is 10.1. The number of rotatable bonds is 3. The molecule has 1 fully saturated rings. The molecule has 0 bridgehead atoms. The molecule has 1 aliphatic heterocycles. The van der Waals surface area contributed by atoms with Gasteiger partial charge in [0.25, 0.3) is 5.89 Å². The lowest BCUT2D eigenvalue weighted by Gasteiger charge is -2.15. The number of amides is 1. The van der Waals surface area contributed by atoms with Gasteiger partial charge < -0.3 is 9.42 Å². The topological polar surface area (TPSA) is 59.2 Å². The van der Waals surface area contributed by atoms with Crippen LogP contribution in [0.2, 0.25) is 0 Å². The van der Waals surface area contributed by atoms with Crippen molar-refractivity contribution in [1.82, 2.24) is 10.1 Å². The smallest absolute Gasteiger partial charge is 0.257 e. The lowest BCUT2D eigenvalue weighted by molar-refractivity contribution is -0.117. The van der Waals surface area contributed by atoms with Crippen LogP contribution in [0.1, 0.15) is 18.2 Å². The molecule has 4 rings (SSSR count). The summed E-state index contributed by atoms with van der Waals surface area (Å²) >= 11 is 0. The van der Waals surface area contributed by atoms with Crippen molar-refractivity contribution >= 4 is 11.6 Å². The molecule has 1 aliphatic rings.